The number of amides is 1. The molecule has 0 saturated heterocycles. The van der Waals surface area contributed by atoms with Gasteiger partial charge in [-0.05, 0) is 71.7 Å². The summed E-state index contributed by atoms with van der Waals surface area (Å²) < 4.78 is 5.27. The van der Waals surface area contributed by atoms with Gasteiger partial charge in [-0.15, -0.1) is 0 Å². The van der Waals surface area contributed by atoms with Crippen LogP contribution >= 0.6 is 0 Å². The fourth-order valence-corrected chi connectivity index (χ4v) is 4.39. The summed E-state index contributed by atoms with van der Waals surface area (Å²) in [5.74, 6) is 2.10. The van der Waals surface area contributed by atoms with E-state index in [2.05, 4.69) is 49.5 Å². The third kappa shape index (κ3) is 8.24. The first-order valence-corrected chi connectivity index (χ1v) is 12.4. The van der Waals surface area contributed by atoms with E-state index in [0.29, 0.717) is 11.5 Å². The van der Waals surface area contributed by atoms with Gasteiger partial charge >= 0.3 is 0 Å². The number of rotatable bonds is 13. The topological polar surface area (TPSA) is 38.3 Å². The van der Waals surface area contributed by atoms with Crippen molar-refractivity contribution in [2.24, 2.45) is 11.8 Å². The van der Waals surface area contributed by atoms with Gasteiger partial charge in [0.05, 0.1) is 7.11 Å². The average molecular weight is 446 g/mol. The molecule has 0 aliphatic rings. The van der Waals surface area contributed by atoms with Crippen LogP contribution in [0.4, 0.5) is 0 Å². The summed E-state index contributed by atoms with van der Waals surface area (Å²) >= 11 is 0. The number of aryl methyl sites for hydroxylation is 1. The number of hydrogen-bond acceptors (Lipinski definition) is 2. The van der Waals surface area contributed by atoms with Gasteiger partial charge in [0, 0.05) is 12.1 Å². The molecule has 0 saturated carbocycles. The minimum atomic E-state index is 0.00588. The van der Waals surface area contributed by atoms with Gasteiger partial charge < -0.3 is 10.1 Å². The Bertz CT molecular complexity index is 999. The van der Waals surface area contributed by atoms with Gasteiger partial charge in [0.25, 0.3) is 5.91 Å². The molecule has 33 heavy (non-hydrogen) atoms. The Morgan fingerprint density at radius 3 is 2.30 bits per heavy atom. The molecule has 3 nitrogen and oxygen atoms in total. The Kier molecular flexibility index (Phi) is 9.80. The standard InChI is InChI=1S/C30H39NO2/c1-23(10-7-8-15-25-13-5-4-6-14-25)11-9-12-24(2)22-31-30(32)28-17-16-27-21-29(33-3)19-18-26(27)20-28/h4-6,13-14,16-21,23-24H,7-12,15,22H2,1-3H3,(H,31,32)/t23-,24+/m0/s1. The molecule has 0 aliphatic heterocycles. The van der Waals surface area contributed by atoms with E-state index in [4.69, 9.17) is 4.74 Å². The highest BCUT2D eigenvalue weighted by Gasteiger charge is 2.10. The van der Waals surface area contributed by atoms with Crippen LogP contribution in [0.25, 0.3) is 10.8 Å². The maximum Gasteiger partial charge on any atom is 0.251 e. The molecule has 3 heteroatoms. The van der Waals surface area contributed by atoms with E-state index < -0.39 is 0 Å². The number of carbonyl (C=O) groups excluding carboxylic acids is 1. The molecule has 0 spiro atoms. The second-order valence-corrected chi connectivity index (χ2v) is 9.51. The van der Waals surface area contributed by atoms with E-state index in [0.717, 1.165) is 35.4 Å². The van der Waals surface area contributed by atoms with Crippen molar-refractivity contribution in [3.63, 3.8) is 0 Å². The van der Waals surface area contributed by atoms with Crippen molar-refractivity contribution in [2.75, 3.05) is 13.7 Å². The quantitative estimate of drug-likeness (QED) is 0.278. The molecule has 0 radical (unpaired) electrons. The second kappa shape index (κ2) is 13.0. The SMILES string of the molecule is COc1ccc2cc(C(=O)NC[C@H](C)CCC[C@@H](C)CCCCc3ccccc3)ccc2c1. The van der Waals surface area contributed by atoms with Crippen LogP contribution in [-0.2, 0) is 6.42 Å². The van der Waals surface area contributed by atoms with E-state index in [1.807, 2.05) is 36.4 Å². The molecule has 0 bridgehead atoms. The minimum absolute atomic E-state index is 0.00588. The van der Waals surface area contributed by atoms with Crippen molar-refractivity contribution in [3.05, 3.63) is 77.9 Å². The summed E-state index contributed by atoms with van der Waals surface area (Å²) in [5, 5.41) is 5.25. The third-order valence-corrected chi connectivity index (χ3v) is 6.57. The zero-order valence-electron chi connectivity index (χ0n) is 20.5. The Hall–Kier alpha value is -2.81. The lowest BCUT2D eigenvalue weighted by Crippen LogP contribution is -2.28. The zero-order valence-corrected chi connectivity index (χ0v) is 20.5. The summed E-state index contributed by atoms with van der Waals surface area (Å²) in [6.45, 7) is 5.34. The number of nitrogens with one attached hydrogen (secondary N) is 1. The van der Waals surface area contributed by atoms with E-state index >= 15 is 0 Å². The van der Waals surface area contributed by atoms with Crippen LogP contribution in [0.5, 0.6) is 5.75 Å². The molecule has 0 unspecified atom stereocenters. The summed E-state index contributed by atoms with van der Waals surface area (Å²) in [4.78, 5) is 12.6. The number of unbranched alkanes of at least 4 members (excludes halogenated alkanes) is 1. The monoisotopic (exact) mass is 445 g/mol. The zero-order chi connectivity index (χ0) is 23.5. The summed E-state index contributed by atoms with van der Waals surface area (Å²) in [7, 11) is 1.66. The number of hydrogen-bond donors (Lipinski definition) is 1. The van der Waals surface area contributed by atoms with Crippen LogP contribution in [0.15, 0.2) is 66.7 Å². The smallest absolute Gasteiger partial charge is 0.251 e. The Morgan fingerprint density at radius 2 is 1.52 bits per heavy atom. The van der Waals surface area contributed by atoms with Crippen LogP contribution in [0.1, 0.15) is 68.3 Å². The van der Waals surface area contributed by atoms with Crippen molar-refractivity contribution >= 4 is 16.7 Å². The van der Waals surface area contributed by atoms with Crippen molar-refractivity contribution in [1.82, 2.24) is 5.32 Å². The maximum atomic E-state index is 12.6. The number of fused-ring (bicyclic) bond motifs is 1. The van der Waals surface area contributed by atoms with Crippen LogP contribution in [0.3, 0.4) is 0 Å². The second-order valence-electron chi connectivity index (χ2n) is 9.51. The fraction of sp³-hybridized carbons (Fsp3) is 0.433. The Labute approximate surface area is 199 Å². The number of methoxy groups -OCH3 is 1. The van der Waals surface area contributed by atoms with Gasteiger partial charge in [0.1, 0.15) is 5.75 Å². The van der Waals surface area contributed by atoms with E-state index in [9.17, 15) is 4.79 Å². The van der Waals surface area contributed by atoms with Crippen molar-refractivity contribution in [2.45, 2.75) is 58.8 Å². The molecule has 0 fully saturated rings. The highest BCUT2D eigenvalue weighted by Crippen LogP contribution is 2.22. The van der Waals surface area contributed by atoms with Crippen LogP contribution in [-0.4, -0.2) is 19.6 Å². The van der Waals surface area contributed by atoms with Crippen LogP contribution < -0.4 is 10.1 Å². The lowest BCUT2D eigenvalue weighted by Gasteiger charge is -2.15. The van der Waals surface area contributed by atoms with E-state index in [1.54, 1.807) is 7.11 Å². The Morgan fingerprint density at radius 1 is 0.818 bits per heavy atom. The van der Waals surface area contributed by atoms with Gasteiger partial charge in [-0.1, -0.05) is 82.0 Å². The highest BCUT2D eigenvalue weighted by atomic mass is 16.5. The first kappa shape index (κ1) is 24.8. The molecule has 3 rings (SSSR count). The summed E-state index contributed by atoms with van der Waals surface area (Å²) in [6.07, 6.45) is 8.75. The van der Waals surface area contributed by atoms with Gasteiger partial charge in [-0.3, -0.25) is 4.79 Å². The molecule has 1 N–H and O–H groups in total. The predicted molar refractivity (Wildman–Crippen MR) is 139 cm³/mol. The summed E-state index contributed by atoms with van der Waals surface area (Å²) in [6, 6.07) is 22.5. The lowest BCUT2D eigenvalue weighted by molar-refractivity contribution is 0.0947. The molecule has 1 amide bonds. The molecular formula is C30H39NO2. The van der Waals surface area contributed by atoms with Crippen molar-refractivity contribution in [3.8, 4) is 5.75 Å². The predicted octanol–water partition coefficient (Wildman–Crippen LogP) is 7.43. The van der Waals surface area contributed by atoms with Crippen LogP contribution in [0.2, 0.25) is 0 Å². The van der Waals surface area contributed by atoms with Gasteiger partial charge in [0.15, 0.2) is 0 Å². The lowest BCUT2D eigenvalue weighted by atomic mass is 9.94. The van der Waals surface area contributed by atoms with Crippen molar-refractivity contribution < 1.29 is 9.53 Å². The Balaban J connectivity index is 1.30. The largest absolute Gasteiger partial charge is 0.497 e. The van der Waals surface area contributed by atoms with Crippen molar-refractivity contribution in [1.29, 1.82) is 0 Å². The maximum absolute atomic E-state index is 12.6. The number of carbonyl (C=O) groups is 1. The number of benzene rings is 3. The fourth-order valence-electron chi connectivity index (χ4n) is 4.39. The normalized spacial score (nSPS) is 12.9. The molecular weight excluding hydrogens is 406 g/mol. The first-order chi connectivity index (χ1) is 16.0. The number of ether oxygens (including phenoxy) is 1. The van der Waals surface area contributed by atoms with Gasteiger partial charge in [-0.2, -0.15) is 0 Å². The molecule has 3 aromatic carbocycles. The first-order valence-electron chi connectivity index (χ1n) is 12.4. The molecule has 3 aromatic rings. The minimum Gasteiger partial charge on any atom is -0.497 e. The molecule has 0 aliphatic carbocycles. The van der Waals surface area contributed by atoms with E-state index in [1.165, 1.54) is 44.1 Å². The van der Waals surface area contributed by atoms with Gasteiger partial charge in [0.2, 0.25) is 0 Å². The third-order valence-electron chi connectivity index (χ3n) is 6.57. The summed E-state index contributed by atoms with van der Waals surface area (Å²) in [5.41, 5.74) is 2.16. The van der Waals surface area contributed by atoms with Gasteiger partial charge in [-0.25, -0.2) is 0 Å². The molecule has 0 aromatic heterocycles. The van der Waals surface area contributed by atoms with E-state index in [-0.39, 0.29) is 5.91 Å². The van der Waals surface area contributed by atoms with Crippen LogP contribution in [0, 0.1) is 11.8 Å². The average Bonchev–Trinajstić information content (AvgIpc) is 2.85. The highest BCUT2D eigenvalue weighted by molar-refractivity contribution is 5.98. The molecule has 0 heterocycles. The molecule has 176 valence electrons. The molecule has 2 atom stereocenters.